The molecule has 0 atom stereocenters. The van der Waals surface area contributed by atoms with Crippen molar-refractivity contribution in [2.24, 2.45) is 5.92 Å². The number of rotatable bonds is 9. The van der Waals surface area contributed by atoms with Crippen LogP contribution in [-0.2, 0) is 14.6 Å². The van der Waals surface area contributed by atoms with E-state index in [1.54, 1.807) is 42.1 Å². The molecule has 3 aromatic carbocycles. The molecule has 4 rings (SSSR count). The minimum absolute atomic E-state index is 0.263. The Bertz CT molecular complexity index is 1460. The van der Waals surface area contributed by atoms with E-state index in [4.69, 9.17) is 14.6 Å². The third-order valence-electron chi connectivity index (χ3n) is 6.21. The van der Waals surface area contributed by atoms with E-state index in [2.05, 4.69) is 11.8 Å². The molecule has 1 aliphatic carbocycles. The number of benzene rings is 3. The summed E-state index contributed by atoms with van der Waals surface area (Å²) in [7, 11) is -3.26. The van der Waals surface area contributed by atoms with Gasteiger partial charge in [0.15, 0.2) is 16.4 Å². The average molecular weight is 551 g/mol. The van der Waals surface area contributed by atoms with Gasteiger partial charge in [0.05, 0.1) is 11.5 Å². The van der Waals surface area contributed by atoms with E-state index in [0.717, 1.165) is 32.2 Å². The molecule has 0 aromatic heterocycles. The van der Waals surface area contributed by atoms with E-state index < -0.39 is 15.8 Å². The Morgan fingerprint density at radius 3 is 2.32 bits per heavy atom. The number of carboxylic acid groups (broad SMARTS) is 1. The van der Waals surface area contributed by atoms with Crippen LogP contribution in [0, 0.1) is 24.7 Å². The smallest absolute Gasteiger partial charge is 0.341 e. The van der Waals surface area contributed by atoms with Gasteiger partial charge in [-0.05, 0) is 91.9 Å². The zero-order chi connectivity index (χ0) is 27.1. The van der Waals surface area contributed by atoms with Crippen LogP contribution >= 0.6 is 11.8 Å². The molecule has 0 unspecified atom stereocenters. The fraction of sp³-hybridized carbons (Fsp3) is 0.300. The van der Waals surface area contributed by atoms with E-state index in [1.807, 2.05) is 37.3 Å². The Hall–Kier alpha value is -3.41. The number of carboxylic acids is 1. The van der Waals surface area contributed by atoms with Crippen molar-refractivity contribution < 1.29 is 27.8 Å². The molecule has 1 saturated carbocycles. The highest BCUT2D eigenvalue weighted by atomic mass is 32.2. The number of hydrogen-bond acceptors (Lipinski definition) is 6. The summed E-state index contributed by atoms with van der Waals surface area (Å²) in [5.41, 5.74) is 2.36. The van der Waals surface area contributed by atoms with Crippen LogP contribution in [0.4, 0.5) is 0 Å². The van der Waals surface area contributed by atoms with Gasteiger partial charge in [-0.3, -0.25) is 0 Å². The van der Waals surface area contributed by atoms with Gasteiger partial charge in [0.2, 0.25) is 0 Å². The number of carbonyl (C=O) groups is 1. The lowest BCUT2D eigenvalue weighted by atomic mass is 10.1. The van der Waals surface area contributed by atoms with Crippen molar-refractivity contribution in [1.82, 2.24) is 0 Å². The number of aliphatic carboxylic acids is 1. The largest absolute Gasteiger partial charge is 0.493 e. The van der Waals surface area contributed by atoms with Crippen LogP contribution in [0.1, 0.15) is 42.4 Å². The Kier molecular flexibility index (Phi) is 9.03. The summed E-state index contributed by atoms with van der Waals surface area (Å²) in [6.45, 7) is 2.18. The van der Waals surface area contributed by atoms with E-state index in [0.29, 0.717) is 18.3 Å². The fourth-order valence-electron chi connectivity index (χ4n) is 4.23. The maximum absolute atomic E-state index is 11.7. The summed E-state index contributed by atoms with van der Waals surface area (Å²) in [4.78, 5) is 13.0. The second-order valence-corrected chi connectivity index (χ2v) is 12.6. The van der Waals surface area contributed by atoms with E-state index in [9.17, 15) is 13.2 Å². The highest BCUT2D eigenvalue weighted by molar-refractivity contribution is 7.99. The molecule has 0 amide bonds. The van der Waals surface area contributed by atoms with E-state index in [-0.39, 0.29) is 11.5 Å². The van der Waals surface area contributed by atoms with Crippen molar-refractivity contribution >= 4 is 27.6 Å². The predicted molar refractivity (Wildman–Crippen MR) is 148 cm³/mol. The molecule has 8 heteroatoms. The zero-order valence-corrected chi connectivity index (χ0v) is 23.0. The molecule has 3 aromatic rings. The molecule has 0 aliphatic heterocycles. The van der Waals surface area contributed by atoms with Crippen molar-refractivity contribution in [3.05, 3.63) is 77.4 Å². The molecule has 0 bridgehead atoms. The summed E-state index contributed by atoms with van der Waals surface area (Å²) >= 11 is 1.56. The van der Waals surface area contributed by atoms with Crippen LogP contribution in [0.15, 0.2) is 75.4 Å². The molecule has 0 radical (unpaired) electrons. The maximum Gasteiger partial charge on any atom is 0.341 e. The van der Waals surface area contributed by atoms with Crippen LogP contribution in [0.25, 0.3) is 0 Å². The topological polar surface area (TPSA) is 89.9 Å². The Balaban J connectivity index is 1.57. The third kappa shape index (κ3) is 8.04. The van der Waals surface area contributed by atoms with Crippen molar-refractivity contribution in [2.45, 2.75) is 47.3 Å². The monoisotopic (exact) mass is 550 g/mol. The van der Waals surface area contributed by atoms with Crippen LogP contribution in [0.2, 0.25) is 0 Å². The zero-order valence-electron chi connectivity index (χ0n) is 21.4. The standard InChI is InChI=1S/C30H30O6S2/c1-21-15-26(11-14-29(21)36-20-30(31)32)37-27-17-24(16-25(18-27)35-19-23-5-3-4-6-23)8-7-22-9-12-28(13-10-22)38(2,33)34/h9-18,23H,3-6,19-20H2,1-2H3,(H,31,32). The van der Waals surface area contributed by atoms with Crippen molar-refractivity contribution in [3.63, 3.8) is 0 Å². The summed E-state index contributed by atoms with van der Waals surface area (Å²) < 4.78 is 35.0. The molecule has 198 valence electrons. The second kappa shape index (κ2) is 12.4. The Labute approximate surface area is 228 Å². The maximum atomic E-state index is 11.7. The lowest BCUT2D eigenvalue weighted by Crippen LogP contribution is -2.09. The normalized spacial score (nSPS) is 13.5. The van der Waals surface area contributed by atoms with E-state index >= 15 is 0 Å². The molecule has 38 heavy (non-hydrogen) atoms. The summed E-state index contributed by atoms with van der Waals surface area (Å²) in [6.07, 6.45) is 6.08. The highest BCUT2D eigenvalue weighted by Gasteiger charge is 2.16. The highest BCUT2D eigenvalue weighted by Crippen LogP contribution is 2.34. The number of sulfone groups is 1. The van der Waals surface area contributed by atoms with Crippen LogP contribution in [0.3, 0.4) is 0 Å². The van der Waals surface area contributed by atoms with Gasteiger partial charge in [-0.15, -0.1) is 0 Å². The van der Waals surface area contributed by atoms with Gasteiger partial charge in [-0.1, -0.05) is 36.4 Å². The first-order valence-corrected chi connectivity index (χ1v) is 15.1. The second-order valence-electron chi connectivity index (χ2n) is 9.41. The molecular weight excluding hydrogens is 520 g/mol. The lowest BCUT2D eigenvalue weighted by Gasteiger charge is -2.13. The van der Waals surface area contributed by atoms with Gasteiger partial charge in [-0.2, -0.15) is 0 Å². The first-order chi connectivity index (χ1) is 18.2. The SMILES string of the molecule is Cc1cc(Sc2cc(C#Cc3ccc(S(C)(=O)=O)cc3)cc(OCC3CCCC3)c2)ccc1OCC(=O)O. The molecule has 0 spiro atoms. The van der Waals surface area contributed by atoms with Gasteiger partial charge in [-0.25, -0.2) is 13.2 Å². The van der Waals surface area contributed by atoms with Gasteiger partial charge in [0, 0.05) is 27.2 Å². The first-order valence-electron chi connectivity index (χ1n) is 12.4. The number of hydrogen-bond donors (Lipinski definition) is 1. The van der Waals surface area contributed by atoms with Crippen molar-refractivity contribution in [1.29, 1.82) is 0 Å². The molecule has 1 N–H and O–H groups in total. The Morgan fingerprint density at radius 2 is 1.66 bits per heavy atom. The summed E-state index contributed by atoms with van der Waals surface area (Å²) in [6, 6.07) is 18.1. The van der Waals surface area contributed by atoms with Gasteiger partial charge < -0.3 is 14.6 Å². The molecule has 6 nitrogen and oxygen atoms in total. The van der Waals surface area contributed by atoms with Crippen molar-refractivity contribution in [3.8, 4) is 23.3 Å². The molecule has 1 aliphatic rings. The number of ether oxygens (including phenoxy) is 2. The van der Waals surface area contributed by atoms with Gasteiger partial charge >= 0.3 is 5.97 Å². The predicted octanol–water partition coefficient (Wildman–Crippen LogP) is 5.98. The summed E-state index contributed by atoms with van der Waals surface area (Å²) in [5, 5.41) is 8.86. The van der Waals surface area contributed by atoms with Crippen LogP contribution < -0.4 is 9.47 Å². The average Bonchev–Trinajstić information content (AvgIpc) is 3.39. The molecule has 1 fully saturated rings. The number of aryl methyl sites for hydroxylation is 1. The Morgan fingerprint density at radius 1 is 0.947 bits per heavy atom. The van der Waals surface area contributed by atoms with Crippen molar-refractivity contribution in [2.75, 3.05) is 19.5 Å². The minimum Gasteiger partial charge on any atom is -0.493 e. The van der Waals surface area contributed by atoms with Gasteiger partial charge in [0.1, 0.15) is 11.5 Å². The summed E-state index contributed by atoms with van der Waals surface area (Å²) in [5.74, 6) is 7.18. The minimum atomic E-state index is -3.26. The molecular formula is C30H30O6S2. The van der Waals surface area contributed by atoms with Crippen LogP contribution in [0.5, 0.6) is 11.5 Å². The third-order valence-corrected chi connectivity index (χ3v) is 8.30. The van der Waals surface area contributed by atoms with Crippen LogP contribution in [-0.4, -0.2) is 39.0 Å². The fourth-order valence-corrected chi connectivity index (χ4v) is 5.87. The molecule has 0 saturated heterocycles. The lowest BCUT2D eigenvalue weighted by molar-refractivity contribution is -0.139. The van der Waals surface area contributed by atoms with Gasteiger partial charge in [0.25, 0.3) is 0 Å². The molecule has 0 heterocycles. The first kappa shape index (κ1) is 27.6. The van der Waals surface area contributed by atoms with E-state index in [1.165, 1.54) is 31.9 Å². The quantitative estimate of drug-likeness (QED) is 0.328.